The van der Waals surface area contributed by atoms with Crippen LogP contribution in [-0.2, 0) is 19.1 Å². The monoisotopic (exact) mass is 586 g/mol. The molecule has 3 fully saturated rings. The second-order valence-corrected chi connectivity index (χ2v) is 11.5. The number of fused-ring (bicyclic) bond motifs is 5. The topological polar surface area (TPSA) is 92.8 Å². The number of nitrogens with one attached hydrogen (secondary N) is 1. The van der Waals surface area contributed by atoms with E-state index in [1.165, 1.54) is 22.6 Å². The lowest BCUT2D eigenvalue weighted by molar-refractivity contribution is -0.123. The highest BCUT2D eigenvalue weighted by Crippen LogP contribution is 2.61. The van der Waals surface area contributed by atoms with E-state index in [2.05, 4.69) is 33.4 Å². The van der Waals surface area contributed by atoms with Gasteiger partial charge in [0.15, 0.2) is 6.61 Å². The maximum Gasteiger partial charge on any atom is 0.338 e. The van der Waals surface area contributed by atoms with E-state index in [9.17, 15) is 19.2 Å². The smallest absolute Gasteiger partial charge is 0.338 e. The second kappa shape index (κ2) is 10.1. The molecule has 3 aliphatic rings. The fraction of sp³-hybridized carbons (Fsp3) is 0.290. The Labute approximate surface area is 234 Å². The van der Waals surface area contributed by atoms with E-state index >= 15 is 0 Å². The molecular formula is C31H27BrN2O5. The minimum Gasteiger partial charge on any atom is -0.452 e. The molecule has 1 saturated heterocycles. The van der Waals surface area contributed by atoms with Crippen LogP contribution in [-0.4, -0.2) is 30.3 Å². The van der Waals surface area contributed by atoms with E-state index in [0.29, 0.717) is 17.3 Å². The van der Waals surface area contributed by atoms with E-state index in [1.54, 1.807) is 18.2 Å². The van der Waals surface area contributed by atoms with E-state index in [-0.39, 0.29) is 41.0 Å². The number of esters is 1. The van der Waals surface area contributed by atoms with Gasteiger partial charge in [-0.25, -0.2) is 4.79 Å². The molecule has 7 nitrogen and oxygen atoms in total. The molecular weight excluding hydrogens is 560 g/mol. The zero-order valence-corrected chi connectivity index (χ0v) is 22.9. The van der Waals surface area contributed by atoms with Crippen LogP contribution in [0.5, 0.6) is 0 Å². The van der Waals surface area contributed by atoms with Crippen molar-refractivity contribution in [3.63, 3.8) is 0 Å². The Morgan fingerprint density at radius 1 is 0.949 bits per heavy atom. The number of ether oxygens (including phenoxy) is 1. The third-order valence-electron chi connectivity index (χ3n) is 8.40. The van der Waals surface area contributed by atoms with Gasteiger partial charge in [-0.15, -0.1) is 0 Å². The lowest BCUT2D eigenvalue weighted by Gasteiger charge is -2.28. The number of rotatable bonds is 6. The lowest BCUT2D eigenvalue weighted by atomic mass is 9.73. The first-order valence-corrected chi connectivity index (χ1v) is 13.9. The largest absolute Gasteiger partial charge is 0.452 e. The van der Waals surface area contributed by atoms with Gasteiger partial charge in [-0.05, 0) is 91.1 Å². The highest BCUT2D eigenvalue weighted by molar-refractivity contribution is 9.10. The number of amides is 3. The van der Waals surface area contributed by atoms with Gasteiger partial charge in [0, 0.05) is 10.2 Å². The number of carbonyl (C=O) groups excluding carboxylic acids is 4. The molecule has 198 valence electrons. The molecule has 3 aromatic carbocycles. The molecule has 2 saturated carbocycles. The molecule has 6 rings (SSSR count). The van der Waals surface area contributed by atoms with Crippen LogP contribution in [0, 0.1) is 30.6 Å². The predicted molar refractivity (Wildman–Crippen MR) is 149 cm³/mol. The van der Waals surface area contributed by atoms with Crippen molar-refractivity contribution in [2.75, 3.05) is 16.8 Å². The summed E-state index contributed by atoms with van der Waals surface area (Å²) in [6.07, 6.45) is 1.85. The van der Waals surface area contributed by atoms with Crippen molar-refractivity contribution in [1.82, 2.24) is 0 Å². The van der Waals surface area contributed by atoms with Crippen molar-refractivity contribution < 1.29 is 23.9 Å². The van der Waals surface area contributed by atoms with Gasteiger partial charge in [-0.3, -0.25) is 19.3 Å². The Morgan fingerprint density at radius 3 is 2.38 bits per heavy atom. The average molecular weight is 587 g/mol. The first kappa shape index (κ1) is 25.5. The number of imide groups is 1. The van der Waals surface area contributed by atoms with Crippen LogP contribution in [0.3, 0.4) is 0 Å². The normalized spacial score (nSPS) is 25.1. The molecule has 8 heteroatoms. The lowest BCUT2D eigenvalue weighted by Crippen LogP contribution is -2.33. The maximum absolute atomic E-state index is 13.5. The molecule has 39 heavy (non-hydrogen) atoms. The van der Waals surface area contributed by atoms with Gasteiger partial charge in [0.25, 0.3) is 5.91 Å². The number of hydrogen-bond acceptors (Lipinski definition) is 5. The molecule has 0 unspecified atom stereocenters. The summed E-state index contributed by atoms with van der Waals surface area (Å²) < 4.78 is 6.08. The van der Waals surface area contributed by atoms with E-state index in [4.69, 9.17) is 4.74 Å². The van der Waals surface area contributed by atoms with Crippen LogP contribution in [0.1, 0.15) is 40.2 Å². The number of aryl methyl sites for hydroxylation is 1. The van der Waals surface area contributed by atoms with Gasteiger partial charge in [-0.2, -0.15) is 0 Å². The summed E-state index contributed by atoms with van der Waals surface area (Å²) in [5, 5.41) is 2.73. The molecule has 1 heterocycles. The highest BCUT2D eigenvalue weighted by atomic mass is 79.9. The number of carbonyl (C=O) groups is 4. The van der Waals surface area contributed by atoms with Crippen LogP contribution < -0.4 is 10.2 Å². The number of benzene rings is 3. The molecule has 0 aromatic heterocycles. The van der Waals surface area contributed by atoms with Crippen LogP contribution in [0.2, 0.25) is 0 Å². The predicted octanol–water partition coefficient (Wildman–Crippen LogP) is 5.48. The van der Waals surface area contributed by atoms with Gasteiger partial charge in [0.1, 0.15) is 0 Å². The fourth-order valence-corrected chi connectivity index (χ4v) is 7.19. The third-order valence-corrected chi connectivity index (χ3v) is 8.89. The summed E-state index contributed by atoms with van der Waals surface area (Å²) in [5.41, 5.74) is 3.44. The van der Waals surface area contributed by atoms with Crippen molar-refractivity contribution >= 4 is 51.0 Å². The summed E-state index contributed by atoms with van der Waals surface area (Å²) >= 11 is 3.38. The Bertz CT molecular complexity index is 1470. The minimum absolute atomic E-state index is 0.140. The van der Waals surface area contributed by atoms with Gasteiger partial charge < -0.3 is 10.1 Å². The van der Waals surface area contributed by atoms with Crippen LogP contribution in [0.25, 0.3) is 0 Å². The van der Waals surface area contributed by atoms with Crippen LogP contribution in [0.4, 0.5) is 11.4 Å². The molecule has 2 bridgehead atoms. The molecule has 1 aliphatic heterocycles. The molecule has 1 N–H and O–H groups in total. The zero-order valence-electron chi connectivity index (χ0n) is 21.3. The van der Waals surface area contributed by atoms with Crippen molar-refractivity contribution in [2.45, 2.75) is 25.7 Å². The summed E-state index contributed by atoms with van der Waals surface area (Å²) in [6, 6.07) is 21.9. The van der Waals surface area contributed by atoms with E-state index in [0.717, 1.165) is 22.9 Å². The van der Waals surface area contributed by atoms with Crippen LogP contribution in [0.15, 0.2) is 77.3 Å². The van der Waals surface area contributed by atoms with Gasteiger partial charge >= 0.3 is 5.97 Å². The summed E-state index contributed by atoms with van der Waals surface area (Å²) in [6.45, 7) is 1.43. The molecule has 0 radical (unpaired) electrons. The van der Waals surface area contributed by atoms with Crippen LogP contribution >= 0.6 is 15.9 Å². The fourth-order valence-electron chi connectivity index (χ4n) is 6.71. The zero-order chi connectivity index (χ0) is 27.3. The Balaban J connectivity index is 1.10. The van der Waals surface area contributed by atoms with Gasteiger partial charge in [-0.1, -0.05) is 46.3 Å². The van der Waals surface area contributed by atoms with Crippen molar-refractivity contribution in [3.8, 4) is 0 Å². The highest BCUT2D eigenvalue weighted by Gasteiger charge is 2.64. The summed E-state index contributed by atoms with van der Waals surface area (Å²) in [4.78, 5) is 53.0. The summed E-state index contributed by atoms with van der Waals surface area (Å²) in [7, 11) is 0. The maximum atomic E-state index is 13.5. The quantitative estimate of drug-likeness (QED) is 0.305. The first-order valence-electron chi connectivity index (χ1n) is 13.1. The average Bonchev–Trinajstić information content (AvgIpc) is 3.61. The number of halogens is 1. The Morgan fingerprint density at radius 2 is 1.67 bits per heavy atom. The molecule has 3 amide bonds. The number of anilines is 2. The molecule has 0 spiro atoms. The second-order valence-electron chi connectivity index (χ2n) is 10.6. The Hall–Kier alpha value is -3.78. The molecule has 5 atom stereocenters. The summed E-state index contributed by atoms with van der Waals surface area (Å²) in [5.74, 6) is -1.26. The molecule has 3 aromatic rings. The molecule has 2 aliphatic carbocycles. The standard InChI is InChI=1S/C31H27BrN2O5/c1-17-13-21(32)9-12-25(17)33-26(35)16-39-31(38)19-7-10-22(11-8-19)34-29(36)27-20-14-23(18-5-3-2-4-6-18)24(15-20)28(27)30(34)37/h2-13,20,23-24,27-28H,14-16H2,1H3,(H,33,35)/t20-,23-,24+,27+,28-/m0/s1. The number of hydrogen-bond donors (Lipinski definition) is 1. The van der Waals surface area contributed by atoms with Crippen molar-refractivity contribution in [1.29, 1.82) is 0 Å². The first-order chi connectivity index (χ1) is 18.8. The van der Waals surface area contributed by atoms with Gasteiger partial charge in [0.2, 0.25) is 11.8 Å². The minimum atomic E-state index is -0.663. The number of nitrogens with zero attached hydrogens (tertiary/aromatic N) is 1. The Kier molecular flexibility index (Phi) is 6.59. The van der Waals surface area contributed by atoms with Gasteiger partial charge in [0.05, 0.1) is 23.1 Å². The third kappa shape index (κ3) is 4.56. The van der Waals surface area contributed by atoms with Crippen molar-refractivity contribution in [2.24, 2.45) is 23.7 Å². The van der Waals surface area contributed by atoms with Crippen molar-refractivity contribution in [3.05, 3.63) is 94.0 Å². The van der Waals surface area contributed by atoms with E-state index in [1.807, 2.05) is 37.3 Å². The van der Waals surface area contributed by atoms with E-state index < -0.39 is 18.5 Å². The SMILES string of the molecule is Cc1cc(Br)ccc1NC(=O)COC(=O)c1ccc(N2C(=O)[C@@H]3[C@@H]4C[C@@H]([C@@H]3C2=O)[C@H](c2ccccc2)C4)cc1.